The minimum absolute atomic E-state index is 0.461. The Kier molecular flexibility index (Phi) is 4.72. The van der Waals surface area contributed by atoms with Crippen LogP contribution < -0.4 is 5.32 Å². The second-order valence-corrected chi connectivity index (χ2v) is 6.21. The van der Waals surface area contributed by atoms with Gasteiger partial charge in [-0.25, -0.2) is 4.98 Å². The molecule has 0 spiro atoms. The Morgan fingerprint density at radius 1 is 1.39 bits per heavy atom. The fourth-order valence-corrected chi connectivity index (χ4v) is 3.47. The van der Waals surface area contributed by atoms with Gasteiger partial charge in [-0.2, -0.15) is 0 Å². The van der Waals surface area contributed by atoms with E-state index < -0.39 is 0 Å². The Balaban J connectivity index is 2.12. The lowest BCUT2D eigenvalue weighted by molar-refractivity contribution is 0.115. The Hall–Kier alpha value is -0.490. The van der Waals surface area contributed by atoms with Gasteiger partial charge in [0.05, 0.1) is 11.7 Å². The van der Waals surface area contributed by atoms with E-state index in [1.807, 2.05) is 11.3 Å². The number of nitrogens with zero attached hydrogens (tertiary/aromatic N) is 3. The standard InChI is InChI=1S/C13H24N4S/c1-5-14-8-12-10(2)15-13(18-12)11-9-16(3)6-7-17(11)4/h11,14H,5-9H2,1-4H3. The summed E-state index contributed by atoms with van der Waals surface area (Å²) in [5.41, 5.74) is 1.19. The number of rotatable bonds is 4. The summed E-state index contributed by atoms with van der Waals surface area (Å²) in [6.45, 7) is 9.60. The smallest absolute Gasteiger partial charge is 0.112 e. The number of thiazole rings is 1. The van der Waals surface area contributed by atoms with Crippen molar-refractivity contribution in [2.45, 2.75) is 26.4 Å². The van der Waals surface area contributed by atoms with Gasteiger partial charge >= 0.3 is 0 Å². The third kappa shape index (κ3) is 3.09. The van der Waals surface area contributed by atoms with Gasteiger partial charge < -0.3 is 10.2 Å². The number of aryl methyl sites for hydroxylation is 1. The maximum atomic E-state index is 4.78. The summed E-state index contributed by atoms with van der Waals surface area (Å²) in [5.74, 6) is 0. The molecule has 1 aromatic heterocycles. The van der Waals surface area contributed by atoms with E-state index in [-0.39, 0.29) is 0 Å². The maximum Gasteiger partial charge on any atom is 0.112 e. The Bertz CT molecular complexity index is 390. The van der Waals surface area contributed by atoms with Crippen LogP contribution in [0.4, 0.5) is 0 Å². The van der Waals surface area contributed by atoms with Crippen molar-refractivity contribution in [3.63, 3.8) is 0 Å². The van der Waals surface area contributed by atoms with Crippen LogP contribution in [0.2, 0.25) is 0 Å². The van der Waals surface area contributed by atoms with Gasteiger partial charge in [0, 0.05) is 31.1 Å². The Labute approximate surface area is 114 Å². The van der Waals surface area contributed by atoms with E-state index in [0.717, 1.165) is 32.7 Å². The van der Waals surface area contributed by atoms with Gasteiger partial charge in [-0.1, -0.05) is 6.92 Å². The molecule has 0 saturated carbocycles. The van der Waals surface area contributed by atoms with E-state index in [4.69, 9.17) is 4.98 Å². The molecule has 0 bridgehead atoms. The van der Waals surface area contributed by atoms with Crippen LogP contribution in [0.25, 0.3) is 0 Å². The molecule has 1 aromatic rings. The van der Waals surface area contributed by atoms with Crippen molar-refractivity contribution in [1.29, 1.82) is 0 Å². The molecule has 1 fully saturated rings. The molecule has 4 nitrogen and oxygen atoms in total. The van der Waals surface area contributed by atoms with Gasteiger partial charge in [-0.05, 0) is 27.6 Å². The SMILES string of the molecule is CCNCc1sc(C2CN(C)CCN2C)nc1C. The summed E-state index contributed by atoms with van der Waals surface area (Å²) < 4.78 is 0. The molecule has 2 heterocycles. The van der Waals surface area contributed by atoms with Crippen LogP contribution >= 0.6 is 11.3 Å². The summed E-state index contributed by atoms with van der Waals surface area (Å²) in [6, 6.07) is 0.461. The fraction of sp³-hybridized carbons (Fsp3) is 0.769. The topological polar surface area (TPSA) is 31.4 Å². The van der Waals surface area contributed by atoms with E-state index in [0.29, 0.717) is 6.04 Å². The summed E-state index contributed by atoms with van der Waals surface area (Å²) in [5, 5.41) is 4.66. The molecule has 0 amide bonds. The van der Waals surface area contributed by atoms with Gasteiger partial charge in [0.25, 0.3) is 0 Å². The number of hydrogen-bond acceptors (Lipinski definition) is 5. The second kappa shape index (κ2) is 6.10. The predicted molar refractivity (Wildman–Crippen MR) is 77.1 cm³/mol. The normalized spacial score (nSPS) is 22.6. The third-order valence-electron chi connectivity index (χ3n) is 3.58. The van der Waals surface area contributed by atoms with Gasteiger partial charge in [0.15, 0.2) is 0 Å². The number of nitrogens with one attached hydrogen (secondary N) is 1. The first-order valence-electron chi connectivity index (χ1n) is 6.67. The highest BCUT2D eigenvalue weighted by atomic mass is 32.1. The molecular weight excluding hydrogens is 244 g/mol. The first-order valence-corrected chi connectivity index (χ1v) is 7.49. The minimum Gasteiger partial charge on any atom is -0.312 e. The molecule has 1 unspecified atom stereocenters. The van der Waals surface area contributed by atoms with Crippen LogP contribution in [-0.2, 0) is 6.54 Å². The molecule has 1 N–H and O–H groups in total. The van der Waals surface area contributed by atoms with E-state index in [2.05, 4.69) is 43.1 Å². The Morgan fingerprint density at radius 2 is 2.17 bits per heavy atom. The molecule has 18 heavy (non-hydrogen) atoms. The lowest BCUT2D eigenvalue weighted by atomic mass is 10.2. The van der Waals surface area contributed by atoms with Crippen molar-refractivity contribution in [1.82, 2.24) is 20.1 Å². The first-order chi connectivity index (χ1) is 8.61. The zero-order chi connectivity index (χ0) is 13.1. The van der Waals surface area contributed by atoms with Gasteiger partial charge in [-0.15, -0.1) is 11.3 Å². The molecule has 0 radical (unpaired) electrons. The monoisotopic (exact) mass is 268 g/mol. The quantitative estimate of drug-likeness (QED) is 0.896. The third-order valence-corrected chi connectivity index (χ3v) is 4.84. The lowest BCUT2D eigenvalue weighted by Gasteiger charge is -2.36. The van der Waals surface area contributed by atoms with Crippen molar-refractivity contribution in [3.05, 3.63) is 15.6 Å². The maximum absolute atomic E-state index is 4.78. The zero-order valence-electron chi connectivity index (χ0n) is 11.9. The van der Waals surface area contributed by atoms with Crippen LogP contribution in [0.5, 0.6) is 0 Å². The lowest BCUT2D eigenvalue weighted by Crippen LogP contribution is -2.44. The molecule has 1 aliphatic heterocycles. The highest BCUT2D eigenvalue weighted by Gasteiger charge is 2.26. The molecular formula is C13H24N4S. The van der Waals surface area contributed by atoms with Gasteiger partial charge in [0.2, 0.25) is 0 Å². The molecule has 1 atom stereocenters. The number of hydrogen-bond donors (Lipinski definition) is 1. The van der Waals surface area contributed by atoms with Gasteiger partial charge in [-0.3, -0.25) is 4.90 Å². The average molecular weight is 268 g/mol. The van der Waals surface area contributed by atoms with Crippen molar-refractivity contribution < 1.29 is 0 Å². The number of aromatic nitrogens is 1. The summed E-state index contributed by atoms with van der Waals surface area (Å²) in [7, 11) is 4.40. The van der Waals surface area contributed by atoms with Gasteiger partial charge in [0.1, 0.15) is 5.01 Å². The van der Waals surface area contributed by atoms with E-state index in [9.17, 15) is 0 Å². The average Bonchev–Trinajstić information content (AvgIpc) is 2.71. The fourth-order valence-electron chi connectivity index (χ4n) is 2.27. The van der Waals surface area contributed by atoms with Crippen molar-refractivity contribution in [2.75, 3.05) is 40.3 Å². The van der Waals surface area contributed by atoms with Crippen LogP contribution in [-0.4, -0.2) is 55.1 Å². The molecule has 0 aromatic carbocycles. The van der Waals surface area contributed by atoms with E-state index in [1.54, 1.807) is 0 Å². The van der Waals surface area contributed by atoms with Crippen molar-refractivity contribution in [2.24, 2.45) is 0 Å². The summed E-state index contributed by atoms with van der Waals surface area (Å²) in [4.78, 5) is 11.0. The molecule has 1 saturated heterocycles. The number of likely N-dealkylation sites (N-methyl/N-ethyl adjacent to an activating group) is 2. The number of piperazine rings is 1. The second-order valence-electron chi connectivity index (χ2n) is 5.10. The van der Waals surface area contributed by atoms with Crippen LogP contribution in [0, 0.1) is 6.92 Å². The van der Waals surface area contributed by atoms with Crippen LogP contribution in [0.3, 0.4) is 0 Å². The first kappa shape index (κ1) is 13.9. The van der Waals surface area contributed by atoms with E-state index >= 15 is 0 Å². The Morgan fingerprint density at radius 3 is 2.89 bits per heavy atom. The summed E-state index contributed by atoms with van der Waals surface area (Å²) in [6.07, 6.45) is 0. The molecule has 0 aliphatic carbocycles. The molecule has 5 heteroatoms. The molecule has 2 rings (SSSR count). The van der Waals surface area contributed by atoms with Crippen LogP contribution in [0.1, 0.15) is 28.5 Å². The largest absolute Gasteiger partial charge is 0.312 e. The van der Waals surface area contributed by atoms with E-state index in [1.165, 1.54) is 15.6 Å². The minimum atomic E-state index is 0.461. The van der Waals surface area contributed by atoms with Crippen molar-refractivity contribution >= 4 is 11.3 Å². The molecule has 1 aliphatic rings. The van der Waals surface area contributed by atoms with Crippen LogP contribution in [0.15, 0.2) is 0 Å². The predicted octanol–water partition coefficient (Wildman–Crippen LogP) is 1.48. The highest BCUT2D eigenvalue weighted by Crippen LogP contribution is 2.29. The van der Waals surface area contributed by atoms with Crippen molar-refractivity contribution in [3.8, 4) is 0 Å². The summed E-state index contributed by atoms with van der Waals surface area (Å²) >= 11 is 1.87. The zero-order valence-corrected chi connectivity index (χ0v) is 12.7. The molecule has 102 valence electrons. The highest BCUT2D eigenvalue weighted by molar-refractivity contribution is 7.11.